The van der Waals surface area contributed by atoms with E-state index in [-0.39, 0.29) is 23.2 Å². The van der Waals surface area contributed by atoms with Gasteiger partial charge in [-0.2, -0.15) is 0 Å². The Hall–Kier alpha value is -1.44. The van der Waals surface area contributed by atoms with Gasteiger partial charge >= 0.3 is 0 Å². The fourth-order valence-electron chi connectivity index (χ4n) is 1.35. The van der Waals surface area contributed by atoms with Crippen molar-refractivity contribution in [3.8, 4) is 11.8 Å². The van der Waals surface area contributed by atoms with Crippen LogP contribution in [-0.2, 0) is 4.79 Å². The molecular weight excluding hydrogens is 294 g/mol. The zero-order valence-electron chi connectivity index (χ0n) is 11.5. The van der Waals surface area contributed by atoms with Gasteiger partial charge in [-0.05, 0) is 31.2 Å². The van der Waals surface area contributed by atoms with Crippen LogP contribution in [0.5, 0.6) is 0 Å². The SMILES string of the molecule is CC#CCN(C)C(=O)CSCC(=O)c1ccc(Cl)cc1. The lowest BCUT2D eigenvalue weighted by Gasteiger charge is -2.13. The molecule has 0 bridgehead atoms. The summed E-state index contributed by atoms with van der Waals surface area (Å²) < 4.78 is 0. The molecule has 0 saturated carbocycles. The van der Waals surface area contributed by atoms with Crippen molar-refractivity contribution in [3.63, 3.8) is 0 Å². The summed E-state index contributed by atoms with van der Waals surface area (Å²) in [6.45, 7) is 2.15. The Kier molecular flexibility index (Phi) is 7.21. The highest BCUT2D eigenvalue weighted by Crippen LogP contribution is 2.12. The lowest BCUT2D eigenvalue weighted by atomic mass is 10.1. The molecule has 1 aromatic rings. The minimum absolute atomic E-state index is 0.00419. The minimum atomic E-state index is -0.0262. The zero-order valence-corrected chi connectivity index (χ0v) is 13.1. The first-order valence-corrected chi connectivity index (χ1v) is 7.58. The van der Waals surface area contributed by atoms with E-state index < -0.39 is 0 Å². The number of amides is 1. The van der Waals surface area contributed by atoms with Crippen LogP contribution >= 0.6 is 23.4 Å². The molecule has 0 aromatic heterocycles. The quantitative estimate of drug-likeness (QED) is 0.599. The van der Waals surface area contributed by atoms with Gasteiger partial charge in [0, 0.05) is 17.6 Å². The van der Waals surface area contributed by atoms with E-state index in [1.807, 2.05) is 0 Å². The van der Waals surface area contributed by atoms with E-state index in [0.29, 0.717) is 17.1 Å². The molecule has 0 aliphatic carbocycles. The fraction of sp³-hybridized carbons (Fsp3) is 0.333. The zero-order chi connectivity index (χ0) is 15.0. The summed E-state index contributed by atoms with van der Waals surface area (Å²) in [5.41, 5.74) is 0.611. The van der Waals surface area contributed by atoms with E-state index in [0.717, 1.165) is 0 Å². The van der Waals surface area contributed by atoms with Crippen LogP contribution in [0.2, 0.25) is 5.02 Å². The molecule has 0 aliphatic rings. The van der Waals surface area contributed by atoms with Crippen molar-refractivity contribution in [2.24, 2.45) is 0 Å². The molecular formula is C15H16ClNO2S. The first kappa shape index (κ1) is 16.6. The van der Waals surface area contributed by atoms with Crippen molar-refractivity contribution in [2.45, 2.75) is 6.92 Å². The van der Waals surface area contributed by atoms with Crippen molar-refractivity contribution in [1.29, 1.82) is 0 Å². The Balaban J connectivity index is 2.36. The number of hydrogen-bond donors (Lipinski definition) is 0. The van der Waals surface area contributed by atoms with E-state index in [9.17, 15) is 9.59 Å². The number of carbonyl (C=O) groups is 2. The average molecular weight is 310 g/mol. The summed E-state index contributed by atoms with van der Waals surface area (Å²) in [5.74, 6) is 6.09. The third-order valence-corrected chi connectivity index (χ3v) is 3.71. The number of Topliss-reactive ketones (excluding diaryl/α,β-unsaturated/α-hetero) is 1. The summed E-state index contributed by atoms with van der Waals surface area (Å²) in [4.78, 5) is 25.1. The lowest BCUT2D eigenvalue weighted by molar-refractivity contribution is -0.126. The largest absolute Gasteiger partial charge is 0.334 e. The van der Waals surface area contributed by atoms with Gasteiger partial charge in [0.1, 0.15) is 0 Å². The third-order valence-electron chi connectivity index (χ3n) is 2.54. The number of rotatable bonds is 6. The van der Waals surface area contributed by atoms with Gasteiger partial charge in [-0.1, -0.05) is 17.5 Å². The monoisotopic (exact) mass is 309 g/mol. The number of carbonyl (C=O) groups excluding carboxylic acids is 2. The first-order valence-electron chi connectivity index (χ1n) is 6.04. The van der Waals surface area contributed by atoms with Crippen LogP contribution in [0.4, 0.5) is 0 Å². The Morgan fingerprint density at radius 1 is 1.25 bits per heavy atom. The van der Waals surface area contributed by atoms with Crippen LogP contribution in [-0.4, -0.2) is 41.7 Å². The normalized spacial score (nSPS) is 9.55. The second-order valence-corrected chi connectivity index (χ2v) is 5.52. The van der Waals surface area contributed by atoms with Gasteiger partial charge in [-0.25, -0.2) is 0 Å². The van der Waals surface area contributed by atoms with Crippen LogP contribution in [0.3, 0.4) is 0 Å². The molecule has 1 aromatic carbocycles. The van der Waals surface area contributed by atoms with Gasteiger partial charge in [0.25, 0.3) is 0 Å². The van der Waals surface area contributed by atoms with Crippen LogP contribution in [0, 0.1) is 11.8 Å². The molecule has 3 nitrogen and oxygen atoms in total. The number of benzene rings is 1. The lowest BCUT2D eigenvalue weighted by Crippen LogP contribution is -2.29. The average Bonchev–Trinajstić information content (AvgIpc) is 2.45. The van der Waals surface area contributed by atoms with Gasteiger partial charge in [0.15, 0.2) is 5.78 Å². The Labute approximate surface area is 128 Å². The van der Waals surface area contributed by atoms with Gasteiger partial charge in [0.05, 0.1) is 18.1 Å². The highest BCUT2D eigenvalue weighted by atomic mass is 35.5. The molecule has 0 aliphatic heterocycles. The van der Waals surface area contributed by atoms with E-state index in [1.165, 1.54) is 11.8 Å². The molecule has 1 rings (SSSR count). The topological polar surface area (TPSA) is 37.4 Å². The molecule has 0 spiro atoms. The Morgan fingerprint density at radius 2 is 1.90 bits per heavy atom. The van der Waals surface area contributed by atoms with Crippen LogP contribution in [0.25, 0.3) is 0 Å². The third kappa shape index (κ3) is 5.68. The van der Waals surface area contributed by atoms with Gasteiger partial charge in [0.2, 0.25) is 5.91 Å². The number of ketones is 1. The van der Waals surface area contributed by atoms with E-state index in [2.05, 4.69) is 11.8 Å². The van der Waals surface area contributed by atoms with Crippen molar-refractivity contribution in [2.75, 3.05) is 25.1 Å². The molecule has 0 unspecified atom stereocenters. The molecule has 0 heterocycles. The fourth-order valence-corrected chi connectivity index (χ4v) is 2.32. The minimum Gasteiger partial charge on any atom is -0.334 e. The van der Waals surface area contributed by atoms with Crippen LogP contribution in [0.15, 0.2) is 24.3 Å². The summed E-state index contributed by atoms with van der Waals surface area (Å²) in [5, 5.41) is 0.600. The summed E-state index contributed by atoms with van der Waals surface area (Å²) in [6, 6.07) is 6.75. The second kappa shape index (κ2) is 8.68. The maximum atomic E-state index is 11.9. The Morgan fingerprint density at radius 3 is 2.50 bits per heavy atom. The van der Waals surface area contributed by atoms with Crippen molar-refractivity contribution >= 4 is 35.1 Å². The first-order chi connectivity index (χ1) is 9.54. The number of nitrogens with zero attached hydrogens (tertiary/aromatic N) is 1. The van der Waals surface area contributed by atoms with E-state index in [4.69, 9.17) is 11.6 Å². The molecule has 0 saturated heterocycles. The maximum absolute atomic E-state index is 11.9. The maximum Gasteiger partial charge on any atom is 0.233 e. The van der Waals surface area contributed by atoms with E-state index in [1.54, 1.807) is 43.1 Å². The highest BCUT2D eigenvalue weighted by Gasteiger charge is 2.10. The summed E-state index contributed by atoms with van der Waals surface area (Å²) >= 11 is 7.07. The van der Waals surface area contributed by atoms with Crippen molar-refractivity contribution in [3.05, 3.63) is 34.9 Å². The van der Waals surface area contributed by atoms with Gasteiger partial charge in [-0.15, -0.1) is 17.7 Å². The molecule has 0 radical (unpaired) electrons. The predicted molar refractivity (Wildman–Crippen MR) is 84.2 cm³/mol. The highest BCUT2D eigenvalue weighted by molar-refractivity contribution is 8.00. The second-order valence-electron chi connectivity index (χ2n) is 4.10. The molecule has 106 valence electrons. The molecule has 0 N–H and O–H groups in total. The van der Waals surface area contributed by atoms with Crippen molar-refractivity contribution < 1.29 is 9.59 Å². The molecule has 1 amide bonds. The number of hydrogen-bond acceptors (Lipinski definition) is 3. The summed E-state index contributed by atoms with van der Waals surface area (Å²) in [7, 11) is 1.70. The number of thioether (sulfide) groups is 1. The van der Waals surface area contributed by atoms with Gasteiger partial charge < -0.3 is 4.90 Å². The Bertz CT molecular complexity index is 531. The molecule has 5 heteroatoms. The van der Waals surface area contributed by atoms with Crippen molar-refractivity contribution in [1.82, 2.24) is 4.90 Å². The van der Waals surface area contributed by atoms with Gasteiger partial charge in [-0.3, -0.25) is 9.59 Å². The van der Waals surface area contributed by atoms with Crippen LogP contribution < -0.4 is 0 Å². The van der Waals surface area contributed by atoms with Crippen LogP contribution in [0.1, 0.15) is 17.3 Å². The molecule has 20 heavy (non-hydrogen) atoms. The standard InChI is InChI=1S/C15H16ClNO2S/c1-3-4-9-17(2)15(19)11-20-10-14(18)12-5-7-13(16)8-6-12/h5-8H,9-11H2,1-2H3. The molecule has 0 fully saturated rings. The molecule has 0 atom stereocenters. The predicted octanol–water partition coefficient (Wildman–Crippen LogP) is 2.74. The summed E-state index contributed by atoms with van der Waals surface area (Å²) in [6.07, 6.45) is 0. The number of halogens is 1. The smallest absolute Gasteiger partial charge is 0.233 e. The van der Waals surface area contributed by atoms with E-state index >= 15 is 0 Å².